The van der Waals surface area contributed by atoms with E-state index >= 15 is 0 Å². The van der Waals surface area contributed by atoms with E-state index in [4.69, 9.17) is 0 Å². The lowest BCUT2D eigenvalue weighted by molar-refractivity contribution is 0.656. The molecule has 94 valence electrons. The molecule has 0 aliphatic heterocycles. The van der Waals surface area contributed by atoms with Gasteiger partial charge < -0.3 is 0 Å². The molecular formula is C16H30. The van der Waals surface area contributed by atoms with E-state index in [2.05, 4.69) is 40.3 Å². The predicted octanol–water partition coefficient (Wildman–Crippen LogP) is 6.06. The van der Waals surface area contributed by atoms with Gasteiger partial charge in [-0.3, -0.25) is 0 Å². The van der Waals surface area contributed by atoms with Gasteiger partial charge >= 0.3 is 0 Å². The normalized spacial score (nSPS) is 11.1. The minimum absolute atomic E-state index is 1.13. The van der Waals surface area contributed by atoms with Crippen LogP contribution in [0.15, 0.2) is 36.5 Å². The lowest BCUT2D eigenvalue weighted by Gasteiger charge is -1.90. The minimum Gasteiger partial charge on any atom is -0.0991 e. The molecule has 0 aliphatic carbocycles. The molecule has 0 N–H and O–H groups in total. The van der Waals surface area contributed by atoms with E-state index in [1.807, 2.05) is 12.2 Å². The number of allylic oxidation sites excluding steroid dienone is 5. The van der Waals surface area contributed by atoms with Crippen LogP contribution in [0.5, 0.6) is 0 Å². The molecule has 0 bridgehead atoms. The molecule has 0 aromatic heterocycles. The van der Waals surface area contributed by atoms with E-state index < -0.39 is 0 Å². The van der Waals surface area contributed by atoms with Gasteiger partial charge in [0.25, 0.3) is 0 Å². The summed E-state index contributed by atoms with van der Waals surface area (Å²) in [5.74, 6) is 0. The lowest BCUT2D eigenvalue weighted by atomic mass is 10.2. The molecule has 0 saturated heterocycles. The Hall–Kier alpha value is -0.780. The van der Waals surface area contributed by atoms with Crippen molar-refractivity contribution >= 4 is 0 Å². The number of rotatable bonds is 7. The van der Waals surface area contributed by atoms with Gasteiger partial charge in [0.05, 0.1) is 0 Å². The van der Waals surface area contributed by atoms with Crippen molar-refractivity contribution in [3.05, 3.63) is 36.5 Å². The van der Waals surface area contributed by atoms with Gasteiger partial charge in [-0.15, -0.1) is 0 Å². The van der Waals surface area contributed by atoms with Gasteiger partial charge in [-0.05, 0) is 13.3 Å². The highest BCUT2D eigenvalue weighted by atomic mass is 13.9. The summed E-state index contributed by atoms with van der Waals surface area (Å²) in [5, 5.41) is 0. The third-order valence-electron chi connectivity index (χ3n) is 2.39. The number of hydrogen-bond donors (Lipinski definition) is 0. The van der Waals surface area contributed by atoms with Crippen molar-refractivity contribution in [3.8, 4) is 0 Å². The van der Waals surface area contributed by atoms with E-state index in [1.165, 1.54) is 37.7 Å². The van der Waals surface area contributed by atoms with Crippen LogP contribution in [-0.4, -0.2) is 0 Å². The first-order valence-electron chi connectivity index (χ1n) is 6.67. The summed E-state index contributed by atoms with van der Waals surface area (Å²) in [6, 6.07) is 0. The first-order valence-corrected chi connectivity index (χ1v) is 6.67. The summed E-state index contributed by atoms with van der Waals surface area (Å²) in [6.45, 7) is 12.3. The second kappa shape index (κ2) is 16.6. The predicted molar refractivity (Wildman–Crippen MR) is 77.8 cm³/mol. The molecule has 0 heteroatoms. The van der Waals surface area contributed by atoms with Gasteiger partial charge in [0.15, 0.2) is 0 Å². The molecular weight excluding hydrogens is 192 g/mol. The van der Waals surface area contributed by atoms with Crippen LogP contribution in [0.25, 0.3) is 0 Å². The van der Waals surface area contributed by atoms with Crippen molar-refractivity contribution in [2.75, 3.05) is 0 Å². The lowest BCUT2D eigenvalue weighted by Crippen LogP contribution is -1.70. The summed E-state index contributed by atoms with van der Waals surface area (Å²) >= 11 is 0. The van der Waals surface area contributed by atoms with Crippen molar-refractivity contribution in [2.24, 2.45) is 0 Å². The van der Waals surface area contributed by atoms with E-state index in [0.29, 0.717) is 0 Å². The summed E-state index contributed by atoms with van der Waals surface area (Å²) < 4.78 is 0. The Bertz CT molecular complexity index is 180. The van der Waals surface area contributed by atoms with Gasteiger partial charge in [-0.25, -0.2) is 0 Å². The maximum atomic E-state index is 3.57. The largest absolute Gasteiger partial charge is 0.0991 e. The first-order chi connectivity index (χ1) is 7.72. The molecule has 0 radical (unpaired) electrons. The fourth-order valence-electron chi connectivity index (χ4n) is 1.09. The van der Waals surface area contributed by atoms with Crippen LogP contribution >= 0.6 is 0 Å². The number of hydrogen-bond acceptors (Lipinski definition) is 0. The topological polar surface area (TPSA) is 0 Å². The molecule has 0 fully saturated rings. The molecule has 16 heavy (non-hydrogen) atoms. The summed E-state index contributed by atoms with van der Waals surface area (Å²) in [5.41, 5.74) is 1.40. The van der Waals surface area contributed by atoms with Crippen LogP contribution in [0.4, 0.5) is 0 Å². The first kappa shape index (κ1) is 17.6. The second-order valence-corrected chi connectivity index (χ2v) is 4.05. The Morgan fingerprint density at radius 2 is 1.50 bits per heavy atom. The van der Waals surface area contributed by atoms with Crippen molar-refractivity contribution < 1.29 is 0 Å². The average Bonchev–Trinajstić information content (AvgIpc) is 2.31. The summed E-state index contributed by atoms with van der Waals surface area (Å²) in [4.78, 5) is 0. The van der Waals surface area contributed by atoms with E-state index in [9.17, 15) is 0 Å². The smallest absolute Gasteiger partial charge is 0.0349 e. The highest BCUT2D eigenvalue weighted by Gasteiger charge is 1.80. The van der Waals surface area contributed by atoms with E-state index in [0.717, 1.165) is 6.42 Å². The molecule has 0 rings (SSSR count). The zero-order valence-electron chi connectivity index (χ0n) is 11.8. The van der Waals surface area contributed by atoms with Crippen molar-refractivity contribution in [3.63, 3.8) is 0 Å². The van der Waals surface area contributed by atoms with Crippen LogP contribution in [-0.2, 0) is 0 Å². The van der Waals surface area contributed by atoms with E-state index in [1.54, 1.807) is 6.08 Å². The van der Waals surface area contributed by atoms with Crippen molar-refractivity contribution in [1.82, 2.24) is 0 Å². The molecule has 0 aromatic rings. The zero-order chi connectivity index (χ0) is 12.6. The Labute approximate surface area is 103 Å². The SMILES string of the molecule is C=C/C=C\C=C(/C)CC.CCCCCCC. The Morgan fingerprint density at radius 1 is 0.938 bits per heavy atom. The van der Waals surface area contributed by atoms with Gasteiger partial charge in [0, 0.05) is 0 Å². The minimum atomic E-state index is 1.13. The monoisotopic (exact) mass is 222 g/mol. The molecule has 0 amide bonds. The van der Waals surface area contributed by atoms with Gasteiger partial charge in [0.2, 0.25) is 0 Å². The maximum Gasteiger partial charge on any atom is -0.0349 e. The third-order valence-corrected chi connectivity index (χ3v) is 2.39. The Kier molecular flexibility index (Phi) is 18.3. The fourth-order valence-corrected chi connectivity index (χ4v) is 1.09. The molecule has 0 atom stereocenters. The quantitative estimate of drug-likeness (QED) is 0.363. The molecule has 0 saturated carbocycles. The zero-order valence-corrected chi connectivity index (χ0v) is 11.8. The molecule has 0 aliphatic rings. The molecule has 0 unspecified atom stereocenters. The van der Waals surface area contributed by atoms with Crippen molar-refractivity contribution in [2.45, 2.75) is 66.2 Å². The average molecular weight is 222 g/mol. The Balaban J connectivity index is 0. The third kappa shape index (κ3) is 18.9. The van der Waals surface area contributed by atoms with E-state index in [-0.39, 0.29) is 0 Å². The van der Waals surface area contributed by atoms with Crippen LogP contribution < -0.4 is 0 Å². The van der Waals surface area contributed by atoms with Crippen LogP contribution in [0.3, 0.4) is 0 Å². The van der Waals surface area contributed by atoms with Crippen LogP contribution in [0.1, 0.15) is 66.2 Å². The van der Waals surface area contributed by atoms with Gasteiger partial charge in [-0.1, -0.05) is 89.3 Å². The summed E-state index contributed by atoms with van der Waals surface area (Å²) in [7, 11) is 0. The van der Waals surface area contributed by atoms with Crippen molar-refractivity contribution in [1.29, 1.82) is 0 Å². The second-order valence-electron chi connectivity index (χ2n) is 4.05. The molecule has 0 nitrogen and oxygen atoms in total. The fraction of sp³-hybridized carbons (Fsp3) is 0.625. The van der Waals surface area contributed by atoms with Crippen LogP contribution in [0.2, 0.25) is 0 Å². The highest BCUT2D eigenvalue weighted by Crippen LogP contribution is 2.00. The highest BCUT2D eigenvalue weighted by molar-refractivity contribution is 5.13. The number of unbranched alkanes of at least 4 members (excludes halogenated alkanes) is 4. The van der Waals surface area contributed by atoms with Gasteiger partial charge in [0.1, 0.15) is 0 Å². The maximum absolute atomic E-state index is 3.57. The molecule has 0 spiro atoms. The molecule has 0 aromatic carbocycles. The Morgan fingerprint density at radius 3 is 1.88 bits per heavy atom. The molecule has 0 heterocycles. The van der Waals surface area contributed by atoms with Crippen LogP contribution in [0, 0.1) is 0 Å². The van der Waals surface area contributed by atoms with Gasteiger partial charge in [-0.2, -0.15) is 0 Å². The summed E-state index contributed by atoms with van der Waals surface area (Å²) in [6.07, 6.45) is 15.9. The standard InChI is InChI=1S/C9H14.C7H16/c1-4-6-7-8-9(3)5-2;1-3-5-7-6-4-2/h4,6-8H,1,5H2,2-3H3;3-7H2,1-2H3/b7-6-,9-8+;.